The summed E-state index contributed by atoms with van der Waals surface area (Å²) in [5.41, 5.74) is 3.31. The predicted octanol–water partition coefficient (Wildman–Crippen LogP) is 1.17. The zero-order chi connectivity index (χ0) is 13.0. The van der Waals surface area contributed by atoms with Crippen molar-refractivity contribution in [1.82, 2.24) is 10.4 Å². The van der Waals surface area contributed by atoms with E-state index in [1.54, 1.807) is 12.3 Å². The van der Waals surface area contributed by atoms with Crippen molar-refractivity contribution in [2.75, 3.05) is 0 Å². The molecule has 3 N–H and O–H groups in total. The molecule has 2 aromatic heterocycles. The number of aromatic nitrogens is 1. The van der Waals surface area contributed by atoms with Crippen LogP contribution in [0.1, 0.15) is 21.8 Å². The van der Waals surface area contributed by atoms with Crippen LogP contribution in [-0.2, 0) is 6.61 Å². The van der Waals surface area contributed by atoms with Crippen LogP contribution in [0, 0.1) is 6.92 Å². The number of rotatable bonds is 4. The van der Waals surface area contributed by atoms with Crippen LogP contribution < -0.4 is 16.0 Å². The number of nitrogen functional groups attached to an aromatic ring is 1. The highest BCUT2D eigenvalue weighted by Crippen LogP contribution is 2.15. The molecule has 2 rings (SSSR count). The second-order valence-corrected chi connectivity index (χ2v) is 3.65. The molecule has 1 amide bonds. The summed E-state index contributed by atoms with van der Waals surface area (Å²) in [6, 6.07) is 5.17. The number of carbonyl (C=O) groups excluding carboxylic acids is 1. The summed E-state index contributed by atoms with van der Waals surface area (Å²) >= 11 is 0. The Hall–Kier alpha value is -2.34. The Morgan fingerprint density at radius 3 is 3.00 bits per heavy atom. The molecule has 0 saturated carbocycles. The quantitative estimate of drug-likeness (QED) is 0.480. The molecule has 0 aromatic carbocycles. The van der Waals surface area contributed by atoms with Gasteiger partial charge in [-0.15, -0.1) is 0 Å². The average molecular weight is 247 g/mol. The van der Waals surface area contributed by atoms with Crippen molar-refractivity contribution in [3.63, 3.8) is 0 Å². The number of nitrogens with zero attached hydrogens (tertiary/aromatic N) is 1. The number of ether oxygens (including phenoxy) is 1. The van der Waals surface area contributed by atoms with Crippen molar-refractivity contribution in [3.05, 3.63) is 47.7 Å². The summed E-state index contributed by atoms with van der Waals surface area (Å²) in [6.07, 6.45) is 3.03. The molecule has 94 valence electrons. The molecule has 0 atom stereocenters. The number of furan rings is 1. The number of hydrogen-bond acceptors (Lipinski definition) is 5. The standard InChI is InChI=1S/C12H13N3O3/c1-8-2-3-9(6-14-8)18-7-11-10(4-5-17-11)12(16)15-13/h2-6H,7,13H2,1H3,(H,15,16). The van der Waals surface area contributed by atoms with Gasteiger partial charge in [0.15, 0.2) is 5.76 Å². The van der Waals surface area contributed by atoms with E-state index in [1.165, 1.54) is 12.3 Å². The molecule has 0 bridgehead atoms. The van der Waals surface area contributed by atoms with Gasteiger partial charge in [-0.1, -0.05) is 0 Å². The third kappa shape index (κ3) is 2.67. The highest BCUT2D eigenvalue weighted by Gasteiger charge is 2.13. The first-order valence-corrected chi connectivity index (χ1v) is 5.33. The smallest absolute Gasteiger partial charge is 0.268 e. The van der Waals surface area contributed by atoms with Crippen molar-refractivity contribution >= 4 is 5.91 Å². The number of hydrogen-bond donors (Lipinski definition) is 2. The highest BCUT2D eigenvalue weighted by atomic mass is 16.5. The lowest BCUT2D eigenvalue weighted by Crippen LogP contribution is -2.30. The summed E-state index contributed by atoms with van der Waals surface area (Å²) in [4.78, 5) is 15.5. The second kappa shape index (κ2) is 5.33. The topological polar surface area (TPSA) is 90.4 Å². The number of aryl methyl sites for hydroxylation is 1. The van der Waals surface area contributed by atoms with Gasteiger partial charge in [0.2, 0.25) is 0 Å². The molecule has 6 heteroatoms. The minimum absolute atomic E-state index is 0.139. The van der Waals surface area contributed by atoms with E-state index in [-0.39, 0.29) is 6.61 Å². The SMILES string of the molecule is Cc1ccc(OCc2occc2C(=O)NN)cn1. The van der Waals surface area contributed by atoms with Crippen LogP contribution in [0.4, 0.5) is 0 Å². The van der Waals surface area contributed by atoms with Gasteiger partial charge in [-0.2, -0.15) is 0 Å². The zero-order valence-electron chi connectivity index (χ0n) is 9.84. The van der Waals surface area contributed by atoms with Gasteiger partial charge < -0.3 is 9.15 Å². The van der Waals surface area contributed by atoms with Crippen LogP contribution in [0.25, 0.3) is 0 Å². The molecular formula is C12H13N3O3. The average Bonchev–Trinajstić information content (AvgIpc) is 2.85. The van der Waals surface area contributed by atoms with Gasteiger partial charge in [-0.3, -0.25) is 15.2 Å². The van der Waals surface area contributed by atoms with E-state index in [9.17, 15) is 4.79 Å². The third-order valence-corrected chi connectivity index (χ3v) is 2.38. The third-order valence-electron chi connectivity index (χ3n) is 2.38. The number of amides is 1. The predicted molar refractivity (Wildman–Crippen MR) is 63.7 cm³/mol. The summed E-state index contributed by atoms with van der Waals surface area (Å²) in [5, 5.41) is 0. The maximum Gasteiger partial charge on any atom is 0.268 e. The van der Waals surface area contributed by atoms with Gasteiger partial charge in [-0.25, -0.2) is 5.84 Å². The molecule has 0 spiro atoms. The number of hydrazine groups is 1. The van der Waals surface area contributed by atoms with Gasteiger partial charge in [0.25, 0.3) is 5.91 Å². The van der Waals surface area contributed by atoms with E-state index >= 15 is 0 Å². The van der Waals surface area contributed by atoms with E-state index < -0.39 is 5.91 Å². The van der Waals surface area contributed by atoms with Gasteiger partial charge in [0.1, 0.15) is 12.4 Å². The normalized spacial score (nSPS) is 10.1. The number of carbonyl (C=O) groups is 1. The molecule has 0 saturated heterocycles. The minimum atomic E-state index is -0.413. The van der Waals surface area contributed by atoms with E-state index in [1.807, 2.05) is 18.4 Å². The molecule has 0 aliphatic heterocycles. The number of nitrogens with one attached hydrogen (secondary N) is 1. The van der Waals surface area contributed by atoms with Crippen molar-refractivity contribution in [2.45, 2.75) is 13.5 Å². The maximum atomic E-state index is 11.4. The Morgan fingerprint density at radius 1 is 1.50 bits per heavy atom. The van der Waals surface area contributed by atoms with E-state index in [0.717, 1.165) is 5.69 Å². The van der Waals surface area contributed by atoms with Crippen molar-refractivity contribution in [1.29, 1.82) is 0 Å². The monoisotopic (exact) mass is 247 g/mol. The fraction of sp³-hybridized carbons (Fsp3) is 0.167. The Morgan fingerprint density at radius 2 is 2.33 bits per heavy atom. The lowest BCUT2D eigenvalue weighted by atomic mass is 10.2. The summed E-state index contributed by atoms with van der Waals surface area (Å²) in [6.45, 7) is 2.03. The molecule has 18 heavy (non-hydrogen) atoms. The second-order valence-electron chi connectivity index (χ2n) is 3.65. The van der Waals surface area contributed by atoms with Crippen LogP contribution >= 0.6 is 0 Å². The molecule has 0 aliphatic carbocycles. The summed E-state index contributed by atoms with van der Waals surface area (Å²) in [7, 11) is 0. The van der Waals surface area contributed by atoms with E-state index in [0.29, 0.717) is 17.1 Å². The molecule has 0 radical (unpaired) electrons. The van der Waals surface area contributed by atoms with Crippen molar-refractivity contribution < 1.29 is 13.9 Å². The van der Waals surface area contributed by atoms with Crippen molar-refractivity contribution in [2.24, 2.45) is 5.84 Å². The number of pyridine rings is 1. The lowest BCUT2D eigenvalue weighted by Gasteiger charge is -2.05. The van der Waals surface area contributed by atoms with Crippen LogP contribution in [0.2, 0.25) is 0 Å². The van der Waals surface area contributed by atoms with E-state index in [4.69, 9.17) is 15.0 Å². The van der Waals surface area contributed by atoms with E-state index in [2.05, 4.69) is 4.98 Å². The van der Waals surface area contributed by atoms with Gasteiger partial charge in [0, 0.05) is 5.69 Å². The molecule has 6 nitrogen and oxygen atoms in total. The molecular weight excluding hydrogens is 234 g/mol. The first-order valence-electron chi connectivity index (χ1n) is 5.33. The maximum absolute atomic E-state index is 11.4. The highest BCUT2D eigenvalue weighted by molar-refractivity contribution is 5.94. The van der Waals surface area contributed by atoms with Crippen LogP contribution in [0.15, 0.2) is 35.1 Å². The van der Waals surface area contributed by atoms with Crippen LogP contribution in [0.3, 0.4) is 0 Å². The van der Waals surface area contributed by atoms with Crippen LogP contribution in [-0.4, -0.2) is 10.9 Å². The lowest BCUT2D eigenvalue weighted by molar-refractivity contribution is 0.0949. The molecule has 2 aromatic rings. The molecule has 0 aliphatic rings. The Balaban J connectivity index is 2.04. The summed E-state index contributed by atoms with van der Waals surface area (Å²) < 4.78 is 10.6. The van der Waals surface area contributed by atoms with Crippen LogP contribution in [0.5, 0.6) is 5.75 Å². The van der Waals surface area contributed by atoms with Gasteiger partial charge in [-0.05, 0) is 25.1 Å². The van der Waals surface area contributed by atoms with Crippen molar-refractivity contribution in [3.8, 4) is 5.75 Å². The molecule has 0 unspecified atom stereocenters. The largest absolute Gasteiger partial charge is 0.484 e. The van der Waals surface area contributed by atoms with Gasteiger partial charge >= 0.3 is 0 Å². The van der Waals surface area contributed by atoms with Gasteiger partial charge in [0.05, 0.1) is 18.0 Å². The fourth-order valence-corrected chi connectivity index (χ4v) is 1.42. The number of nitrogens with two attached hydrogens (primary N) is 1. The minimum Gasteiger partial charge on any atom is -0.484 e. The first kappa shape index (κ1) is 12.1. The fourth-order valence-electron chi connectivity index (χ4n) is 1.42. The molecule has 0 fully saturated rings. The first-order chi connectivity index (χ1) is 8.70. The Labute approximate surface area is 104 Å². The summed E-state index contributed by atoms with van der Waals surface area (Å²) in [5.74, 6) is 5.67. The molecule has 2 heterocycles. The Bertz CT molecular complexity index is 534. The Kier molecular flexibility index (Phi) is 3.59. The zero-order valence-corrected chi connectivity index (χ0v) is 9.84.